The molecule has 1 fully saturated rings. The van der Waals surface area contributed by atoms with E-state index in [0.717, 1.165) is 12.8 Å². The molecule has 0 spiro atoms. The predicted octanol–water partition coefficient (Wildman–Crippen LogP) is 1.49. The summed E-state index contributed by atoms with van der Waals surface area (Å²) in [4.78, 5) is 23.0. The molecule has 16 heavy (non-hydrogen) atoms. The summed E-state index contributed by atoms with van der Waals surface area (Å²) in [5.74, 6) is -1.08. The molecule has 0 atom stereocenters. The number of nitrogens with one attached hydrogen (secondary N) is 2. The van der Waals surface area contributed by atoms with Gasteiger partial charge in [-0.3, -0.25) is 9.59 Å². The van der Waals surface area contributed by atoms with Gasteiger partial charge >= 0.3 is 0 Å². The quantitative estimate of drug-likeness (QED) is 0.421. The van der Waals surface area contributed by atoms with E-state index < -0.39 is 5.92 Å². The number of amides is 2. The van der Waals surface area contributed by atoms with Crippen LogP contribution in [0.4, 0.5) is 0 Å². The zero-order chi connectivity index (χ0) is 12.0. The Morgan fingerprint density at radius 2 is 1.62 bits per heavy atom. The Kier molecular flexibility index (Phi) is 5.38. The fourth-order valence-electron chi connectivity index (χ4n) is 1.76. The Labute approximate surface area is 101 Å². The van der Waals surface area contributed by atoms with Crippen LogP contribution in [0.3, 0.4) is 0 Å². The zero-order valence-corrected chi connectivity index (χ0v) is 10.4. The summed E-state index contributed by atoms with van der Waals surface area (Å²) in [6.45, 7) is 2.16. The molecule has 2 N–H and O–H groups in total. The third-order valence-electron chi connectivity index (χ3n) is 2.70. The maximum absolute atomic E-state index is 11.5. The predicted molar refractivity (Wildman–Crippen MR) is 65.7 cm³/mol. The molecule has 1 rings (SSSR count). The maximum atomic E-state index is 11.5. The van der Waals surface area contributed by atoms with Gasteiger partial charge in [0.2, 0.25) is 11.8 Å². The Hall–Kier alpha value is -0.970. The molecule has 0 saturated carbocycles. The molecule has 0 unspecified atom stereocenters. The van der Waals surface area contributed by atoms with Gasteiger partial charge in [-0.25, -0.2) is 0 Å². The Morgan fingerprint density at radius 1 is 1.06 bits per heavy atom. The van der Waals surface area contributed by atoms with Crippen LogP contribution in [0.2, 0.25) is 0 Å². The number of thiocarbonyl (C=S) groups is 1. The van der Waals surface area contributed by atoms with Crippen LogP contribution in [0.5, 0.6) is 0 Å². The van der Waals surface area contributed by atoms with E-state index in [1.165, 1.54) is 19.3 Å². The summed E-state index contributed by atoms with van der Waals surface area (Å²) in [6, 6.07) is 0. The number of hydrogen-bond acceptors (Lipinski definition) is 3. The highest BCUT2D eigenvalue weighted by molar-refractivity contribution is 7.80. The van der Waals surface area contributed by atoms with E-state index in [2.05, 4.69) is 17.6 Å². The second kappa shape index (κ2) is 6.58. The molecule has 0 radical (unpaired) electrons. The molecule has 0 bridgehead atoms. The molecular weight excluding hydrogens is 224 g/mol. The summed E-state index contributed by atoms with van der Waals surface area (Å²) >= 11 is 4.72. The van der Waals surface area contributed by atoms with Crippen LogP contribution in [-0.2, 0) is 9.59 Å². The van der Waals surface area contributed by atoms with Crippen molar-refractivity contribution in [3.8, 4) is 0 Å². The highest BCUT2D eigenvalue weighted by Gasteiger charge is 2.31. The molecule has 1 heterocycles. The fraction of sp³-hybridized carbons (Fsp3) is 0.727. The van der Waals surface area contributed by atoms with E-state index in [1.807, 2.05) is 0 Å². The molecule has 2 amide bonds. The average Bonchev–Trinajstić information content (AvgIpc) is 2.20. The maximum Gasteiger partial charge on any atom is 0.238 e. The van der Waals surface area contributed by atoms with E-state index in [1.54, 1.807) is 0 Å². The van der Waals surface area contributed by atoms with Crippen molar-refractivity contribution in [2.75, 3.05) is 0 Å². The average molecular weight is 242 g/mol. The van der Waals surface area contributed by atoms with Gasteiger partial charge in [0.15, 0.2) is 5.11 Å². The van der Waals surface area contributed by atoms with Crippen LogP contribution >= 0.6 is 12.2 Å². The van der Waals surface area contributed by atoms with Gasteiger partial charge in [0.05, 0.1) is 0 Å². The van der Waals surface area contributed by atoms with Crippen LogP contribution in [0, 0.1) is 5.92 Å². The first-order valence-electron chi connectivity index (χ1n) is 5.81. The normalized spacial score (nSPS) is 17.2. The van der Waals surface area contributed by atoms with E-state index >= 15 is 0 Å². The Balaban J connectivity index is 2.27. The molecule has 0 aromatic heterocycles. The largest absolute Gasteiger partial charge is 0.302 e. The zero-order valence-electron chi connectivity index (χ0n) is 9.54. The lowest BCUT2D eigenvalue weighted by molar-refractivity contribution is -0.135. The lowest BCUT2D eigenvalue weighted by Gasteiger charge is -2.22. The standard InChI is InChI=1S/C11H18N2O2S/c1-2-3-4-5-6-7-8-9(14)12-11(16)13-10(8)15/h8H,2-7H2,1H3,(H2,12,13,14,15,16). The highest BCUT2D eigenvalue weighted by Crippen LogP contribution is 2.14. The Bertz CT molecular complexity index is 272. The van der Waals surface area contributed by atoms with Crippen LogP contribution in [-0.4, -0.2) is 16.9 Å². The summed E-state index contributed by atoms with van der Waals surface area (Å²) in [5.41, 5.74) is 0. The van der Waals surface area contributed by atoms with Crippen molar-refractivity contribution in [3.63, 3.8) is 0 Å². The second-order valence-corrected chi connectivity index (χ2v) is 4.47. The number of unbranched alkanes of at least 4 members (excludes halogenated alkanes) is 4. The minimum Gasteiger partial charge on any atom is -0.302 e. The number of hydrogen-bond donors (Lipinski definition) is 2. The van der Waals surface area contributed by atoms with Crippen LogP contribution in [0.25, 0.3) is 0 Å². The second-order valence-electron chi connectivity index (χ2n) is 4.06. The number of carbonyl (C=O) groups is 2. The minimum absolute atomic E-state index is 0.122. The number of carbonyl (C=O) groups excluding carboxylic acids is 2. The smallest absolute Gasteiger partial charge is 0.238 e. The van der Waals surface area contributed by atoms with Crippen molar-refractivity contribution in [2.45, 2.75) is 45.4 Å². The first kappa shape index (κ1) is 13.1. The lowest BCUT2D eigenvalue weighted by atomic mass is 9.98. The summed E-state index contributed by atoms with van der Waals surface area (Å²) in [6.07, 6.45) is 6.19. The van der Waals surface area contributed by atoms with E-state index in [9.17, 15) is 9.59 Å². The summed E-state index contributed by atoms with van der Waals surface area (Å²) in [5, 5.41) is 5.07. The van der Waals surface area contributed by atoms with Gasteiger partial charge in [0.25, 0.3) is 0 Å². The van der Waals surface area contributed by atoms with E-state index in [-0.39, 0.29) is 16.9 Å². The van der Waals surface area contributed by atoms with Gasteiger partial charge in [-0.1, -0.05) is 39.0 Å². The van der Waals surface area contributed by atoms with Gasteiger partial charge in [-0.2, -0.15) is 0 Å². The van der Waals surface area contributed by atoms with E-state index in [4.69, 9.17) is 12.2 Å². The van der Waals surface area contributed by atoms with Crippen molar-refractivity contribution in [3.05, 3.63) is 0 Å². The van der Waals surface area contributed by atoms with Crippen LogP contribution < -0.4 is 10.6 Å². The van der Waals surface area contributed by atoms with Crippen LogP contribution in [0.15, 0.2) is 0 Å². The highest BCUT2D eigenvalue weighted by atomic mass is 32.1. The monoisotopic (exact) mass is 242 g/mol. The topological polar surface area (TPSA) is 58.2 Å². The number of rotatable bonds is 6. The molecule has 1 aliphatic rings. The molecule has 5 heteroatoms. The Morgan fingerprint density at radius 3 is 2.19 bits per heavy atom. The fourth-order valence-corrected chi connectivity index (χ4v) is 1.96. The minimum atomic E-state index is -0.562. The molecule has 0 aromatic carbocycles. The van der Waals surface area contributed by atoms with Crippen molar-refractivity contribution in [1.29, 1.82) is 0 Å². The van der Waals surface area contributed by atoms with Crippen LogP contribution in [0.1, 0.15) is 45.4 Å². The molecule has 1 saturated heterocycles. The SMILES string of the molecule is CCCCCCCC1C(=O)NC(=S)NC1=O. The van der Waals surface area contributed by atoms with Gasteiger partial charge in [-0.15, -0.1) is 0 Å². The molecule has 0 aliphatic carbocycles. The summed E-state index contributed by atoms with van der Waals surface area (Å²) < 4.78 is 0. The van der Waals surface area contributed by atoms with Crippen molar-refractivity contribution in [1.82, 2.24) is 10.6 Å². The summed E-state index contributed by atoms with van der Waals surface area (Å²) in [7, 11) is 0. The van der Waals surface area contributed by atoms with Crippen molar-refractivity contribution < 1.29 is 9.59 Å². The van der Waals surface area contributed by atoms with Gasteiger partial charge in [-0.05, 0) is 18.6 Å². The third kappa shape index (κ3) is 3.89. The molecule has 0 aromatic rings. The van der Waals surface area contributed by atoms with Crippen molar-refractivity contribution >= 4 is 29.1 Å². The van der Waals surface area contributed by atoms with E-state index in [0.29, 0.717) is 6.42 Å². The lowest BCUT2D eigenvalue weighted by Crippen LogP contribution is -2.55. The molecule has 90 valence electrons. The van der Waals surface area contributed by atoms with Crippen molar-refractivity contribution in [2.24, 2.45) is 5.92 Å². The van der Waals surface area contributed by atoms with Gasteiger partial charge < -0.3 is 10.6 Å². The van der Waals surface area contributed by atoms with Gasteiger partial charge in [0.1, 0.15) is 5.92 Å². The molecule has 1 aliphatic heterocycles. The third-order valence-corrected chi connectivity index (χ3v) is 2.91. The molecular formula is C11H18N2O2S. The van der Waals surface area contributed by atoms with Gasteiger partial charge in [0, 0.05) is 0 Å². The molecule has 4 nitrogen and oxygen atoms in total. The first-order chi connectivity index (χ1) is 7.65. The first-order valence-corrected chi connectivity index (χ1v) is 6.21.